The highest BCUT2D eigenvalue weighted by Gasteiger charge is 2.26. The van der Waals surface area contributed by atoms with E-state index in [2.05, 4.69) is 334 Å². The molecule has 0 aliphatic heterocycles. The van der Waals surface area contributed by atoms with Gasteiger partial charge in [0.15, 0.2) is 11.6 Å². The minimum absolute atomic E-state index is 0.0317. The van der Waals surface area contributed by atoms with E-state index in [4.69, 9.17) is 15.0 Å². The first-order chi connectivity index (χ1) is 43.4. The fourth-order valence-corrected chi connectivity index (χ4v) is 13.4. The lowest BCUT2D eigenvalue weighted by Gasteiger charge is -2.20. The molecular weight excluding hydrogens is 1080 g/mol. The van der Waals surface area contributed by atoms with Crippen LogP contribution in [0.1, 0.15) is 52.7 Å². The smallest absolute Gasteiger partial charge is 0.238 e. The number of nitrogens with zero attached hydrogens (tertiary/aromatic N) is 6. The number of hydrogen-bond acceptors (Lipinski definition) is 3. The van der Waals surface area contributed by atoms with Crippen molar-refractivity contribution < 1.29 is 0 Å². The van der Waals surface area contributed by atoms with Crippen molar-refractivity contribution in [2.24, 2.45) is 0 Å². The topological polar surface area (TPSA) is 53.5 Å². The van der Waals surface area contributed by atoms with Crippen molar-refractivity contribution >= 4 is 65.4 Å². The summed E-state index contributed by atoms with van der Waals surface area (Å²) in [5.74, 6) is 1.64. The molecule has 4 aromatic heterocycles. The third-order valence-electron chi connectivity index (χ3n) is 18.1. The van der Waals surface area contributed by atoms with E-state index in [1.54, 1.807) is 0 Å². The van der Waals surface area contributed by atoms with Crippen LogP contribution in [0.25, 0.3) is 150 Å². The number of hydrogen-bond donors (Lipinski definition) is 0. The van der Waals surface area contributed by atoms with Crippen molar-refractivity contribution in [3.05, 3.63) is 290 Å². The zero-order chi connectivity index (χ0) is 60.1. The summed E-state index contributed by atoms with van der Waals surface area (Å²) >= 11 is 0. The van der Waals surface area contributed by atoms with E-state index in [0.29, 0.717) is 17.6 Å². The maximum Gasteiger partial charge on any atom is 0.238 e. The van der Waals surface area contributed by atoms with Gasteiger partial charge in [0, 0.05) is 43.4 Å². The largest absolute Gasteiger partial charge is 0.309 e. The molecule has 4 heterocycles. The van der Waals surface area contributed by atoms with Crippen LogP contribution in [0.2, 0.25) is 0 Å². The number of para-hydroxylation sites is 4. The first-order valence-electron chi connectivity index (χ1n) is 30.8. The second kappa shape index (κ2) is 20.9. The molecule has 0 saturated heterocycles. The average Bonchev–Trinajstić information content (AvgIpc) is 1.80. The molecule has 16 rings (SSSR count). The summed E-state index contributed by atoms with van der Waals surface area (Å²) in [4.78, 5) is 17.2. The first-order valence-corrected chi connectivity index (χ1v) is 30.8. The Bertz CT molecular complexity index is 5090. The molecule has 0 saturated carbocycles. The van der Waals surface area contributed by atoms with Crippen molar-refractivity contribution in [1.82, 2.24) is 28.7 Å². The van der Waals surface area contributed by atoms with Gasteiger partial charge >= 0.3 is 0 Å². The van der Waals surface area contributed by atoms with E-state index in [1.807, 2.05) is 0 Å². The number of fused-ring (bicyclic) bond motifs is 9. The van der Waals surface area contributed by atoms with Gasteiger partial charge in [0.2, 0.25) is 5.95 Å². The summed E-state index contributed by atoms with van der Waals surface area (Å²) in [6.45, 7) is 13.7. The average molecular weight is 1150 g/mol. The monoisotopic (exact) mass is 1140 g/mol. The van der Waals surface area contributed by atoms with Gasteiger partial charge < -0.3 is 9.13 Å². The summed E-state index contributed by atoms with van der Waals surface area (Å²) in [5.41, 5.74) is 21.9. The molecule has 0 fully saturated rings. The van der Waals surface area contributed by atoms with Crippen molar-refractivity contribution in [1.29, 1.82) is 0 Å². The lowest BCUT2D eigenvalue weighted by Crippen LogP contribution is -2.10. The molecular formula is C83H64N6. The highest BCUT2D eigenvalue weighted by molar-refractivity contribution is 6.13. The van der Waals surface area contributed by atoms with Crippen molar-refractivity contribution in [3.63, 3.8) is 0 Å². The Kier molecular flexibility index (Phi) is 12.6. The van der Waals surface area contributed by atoms with Gasteiger partial charge in [-0.1, -0.05) is 236 Å². The predicted octanol–water partition coefficient (Wildman–Crippen LogP) is 21.8. The molecule has 426 valence electrons. The van der Waals surface area contributed by atoms with Gasteiger partial charge in [0.05, 0.1) is 44.5 Å². The quantitative estimate of drug-likeness (QED) is 0.145. The van der Waals surface area contributed by atoms with Crippen LogP contribution in [0.5, 0.6) is 0 Å². The summed E-state index contributed by atoms with van der Waals surface area (Å²) < 4.78 is 7.06. The Morgan fingerprint density at radius 2 is 0.539 bits per heavy atom. The van der Waals surface area contributed by atoms with Crippen LogP contribution in [-0.2, 0) is 10.8 Å². The van der Waals surface area contributed by atoms with Crippen LogP contribution < -0.4 is 0 Å². The Morgan fingerprint density at radius 3 is 0.955 bits per heavy atom. The summed E-state index contributed by atoms with van der Waals surface area (Å²) in [6, 6.07) is 101. The molecule has 0 aliphatic rings. The van der Waals surface area contributed by atoms with Crippen molar-refractivity contribution in [3.8, 4) is 84.6 Å². The van der Waals surface area contributed by atoms with E-state index in [1.165, 1.54) is 54.9 Å². The summed E-state index contributed by atoms with van der Waals surface area (Å²) in [5, 5.41) is 6.99. The van der Waals surface area contributed by atoms with Gasteiger partial charge in [-0.2, -0.15) is 9.97 Å². The second-order valence-corrected chi connectivity index (χ2v) is 25.7. The lowest BCUT2D eigenvalue weighted by atomic mass is 9.86. The number of rotatable bonds is 9. The molecule has 0 unspecified atom stereocenters. The zero-order valence-corrected chi connectivity index (χ0v) is 50.7. The Hall–Kier alpha value is -11.0. The van der Waals surface area contributed by atoms with Gasteiger partial charge in [-0.05, 0) is 151 Å². The summed E-state index contributed by atoms with van der Waals surface area (Å²) in [7, 11) is 0. The zero-order valence-electron chi connectivity index (χ0n) is 50.7. The highest BCUT2D eigenvalue weighted by atomic mass is 15.2. The van der Waals surface area contributed by atoms with E-state index in [9.17, 15) is 0 Å². The third kappa shape index (κ3) is 9.21. The van der Waals surface area contributed by atoms with E-state index >= 15 is 0 Å². The number of aromatic nitrogens is 6. The fraction of sp³-hybridized carbons (Fsp3) is 0.0964. The maximum absolute atomic E-state index is 5.73. The minimum Gasteiger partial charge on any atom is -0.309 e. The molecule has 6 nitrogen and oxygen atoms in total. The van der Waals surface area contributed by atoms with Gasteiger partial charge in [0.25, 0.3) is 0 Å². The van der Waals surface area contributed by atoms with Crippen LogP contribution in [0.4, 0.5) is 0 Å². The van der Waals surface area contributed by atoms with Gasteiger partial charge in [0.1, 0.15) is 0 Å². The van der Waals surface area contributed by atoms with E-state index in [-0.39, 0.29) is 10.8 Å². The minimum atomic E-state index is -0.0317. The maximum atomic E-state index is 5.73. The molecule has 0 spiro atoms. The molecule has 0 bridgehead atoms. The van der Waals surface area contributed by atoms with Crippen LogP contribution in [0.15, 0.2) is 279 Å². The predicted molar refractivity (Wildman–Crippen MR) is 373 cm³/mol. The van der Waals surface area contributed by atoms with Gasteiger partial charge in [-0.25, -0.2) is 4.98 Å². The lowest BCUT2D eigenvalue weighted by molar-refractivity contribution is 0.591. The van der Waals surface area contributed by atoms with Crippen LogP contribution in [-0.4, -0.2) is 28.7 Å². The molecule has 12 aromatic carbocycles. The molecule has 89 heavy (non-hydrogen) atoms. The molecule has 0 aliphatic carbocycles. The Balaban J connectivity index is 0.951. The molecule has 0 N–H and O–H groups in total. The molecule has 16 aromatic rings. The molecule has 0 amide bonds. The molecule has 6 heteroatoms. The summed E-state index contributed by atoms with van der Waals surface area (Å²) in [6.07, 6.45) is 0. The SMILES string of the molecule is CC(C)(C)c1ccc2c(c1)c1ccccc1n2-c1ccccc1-c1nc(-c2ccccc2-n2c3ccccc3c3cc(C(C)(C)C)ccc32)nc(-n2c3ccc(-c4ccc(-c5ccccc5)cc4)cc3c3cc(-c4ccc(-c5ccccc5)cc4)ccc32)n1. The second-order valence-electron chi connectivity index (χ2n) is 25.7. The van der Waals surface area contributed by atoms with E-state index in [0.717, 1.165) is 88.6 Å². The van der Waals surface area contributed by atoms with Crippen LogP contribution in [0, 0.1) is 0 Å². The van der Waals surface area contributed by atoms with E-state index < -0.39 is 0 Å². The fourth-order valence-electron chi connectivity index (χ4n) is 13.4. The molecule has 0 atom stereocenters. The van der Waals surface area contributed by atoms with Crippen LogP contribution >= 0.6 is 0 Å². The Labute approximate surface area is 518 Å². The standard InChI is InChI=1S/C83H64N6/c1-82(2,3)61-43-47-75-69(51-61)63-25-13-17-29-71(63)87(75)73-31-19-15-27-65(73)79-84-80(66-28-16-20-32-74(66)88-72-30-18-14-26-64(72)70-52-62(83(4,5)6)44-48-76(70)88)86-81(85-79)89-77-45-41-59(57-37-33-55(34-38-57)53-21-9-7-10-22-53)49-67(77)68-50-60(42-46-78(68)89)58-39-35-56(36-40-58)54-23-11-8-12-24-54/h7-52H,1-6H3. The normalized spacial score (nSPS) is 12.2. The molecule has 0 radical (unpaired) electrons. The van der Waals surface area contributed by atoms with Crippen LogP contribution in [0.3, 0.4) is 0 Å². The van der Waals surface area contributed by atoms with Gasteiger partial charge in [-0.15, -0.1) is 0 Å². The third-order valence-corrected chi connectivity index (χ3v) is 18.1. The van der Waals surface area contributed by atoms with Crippen molar-refractivity contribution in [2.45, 2.75) is 52.4 Å². The van der Waals surface area contributed by atoms with Gasteiger partial charge in [-0.3, -0.25) is 4.57 Å². The highest BCUT2D eigenvalue weighted by Crippen LogP contribution is 2.43. The Morgan fingerprint density at radius 1 is 0.236 bits per heavy atom. The first kappa shape index (κ1) is 53.5. The van der Waals surface area contributed by atoms with Crippen molar-refractivity contribution in [2.75, 3.05) is 0 Å². The number of benzene rings is 12.